The molecule has 0 radical (unpaired) electrons. The molecule has 0 saturated carbocycles. The summed E-state index contributed by atoms with van der Waals surface area (Å²) in [5.41, 5.74) is 3.37. The van der Waals surface area contributed by atoms with Gasteiger partial charge in [-0.25, -0.2) is 0 Å². The van der Waals surface area contributed by atoms with Crippen molar-refractivity contribution in [1.82, 2.24) is 0 Å². The number of nitrogens with zero attached hydrogens (tertiary/aromatic N) is 2. The minimum absolute atomic E-state index is 0.157. The van der Waals surface area contributed by atoms with Crippen LogP contribution in [-0.2, 0) is 0 Å². The third-order valence-electron chi connectivity index (χ3n) is 4.31. The smallest absolute Gasteiger partial charge is 0.118 e. The Morgan fingerprint density at radius 3 is 2.48 bits per heavy atom. The second-order valence-electron chi connectivity index (χ2n) is 5.84. The van der Waals surface area contributed by atoms with Gasteiger partial charge < -0.3 is 4.74 Å². The van der Waals surface area contributed by atoms with Gasteiger partial charge in [0.2, 0.25) is 0 Å². The Labute approximate surface area is 156 Å². The van der Waals surface area contributed by atoms with Gasteiger partial charge in [0.1, 0.15) is 5.75 Å². The van der Waals surface area contributed by atoms with Crippen molar-refractivity contribution in [3.63, 3.8) is 0 Å². The van der Waals surface area contributed by atoms with Crippen LogP contribution in [0.3, 0.4) is 0 Å². The third kappa shape index (κ3) is 3.28. The Morgan fingerprint density at radius 1 is 1.08 bits per heavy atom. The highest BCUT2D eigenvalue weighted by Crippen LogP contribution is 2.38. The molecule has 1 aliphatic heterocycles. The molecule has 4 rings (SSSR count). The van der Waals surface area contributed by atoms with Crippen LogP contribution in [0.5, 0.6) is 5.75 Å². The molecule has 1 aromatic heterocycles. The Kier molecular flexibility index (Phi) is 4.47. The van der Waals surface area contributed by atoms with Crippen LogP contribution in [0.15, 0.2) is 71.1 Å². The predicted molar refractivity (Wildman–Crippen MR) is 105 cm³/mol. The number of hydrogen-bond acceptors (Lipinski definition) is 4. The van der Waals surface area contributed by atoms with Crippen molar-refractivity contribution in [2.75, 3.05) is 12.1 Å². The van der Waals surface area contributed by atoms with Crippen LogP contribution >= 0.6 is 22.9 Å². The molecule has 0 fully saturated rings. The SMILES string of the molecule is COc1ccc([C@H]2CC(c3cccs3)=NN2c2ccc(Cl)cc2)cc1. The largest absolute Gasteiger partial charge is 0.497 e. The van der Waals surface area contributed by atoms with Crippen LogP contribution in [0.25, 0.3) is 0 Å². The number of methoxy groups -OCH3 is 1. The Morgan fingerprint density at radius 2 is 1.84 bits per heavy atom. The molecule has 0 amide bonds. The van der Waals surface area contributed by atoms with Crippen LogP contribution in [0.4, 0.5) is 5.69 Å². The molecule has 0 bridgehead atoms. The van der Waals surface area contributed by atoms with Gasteiger partial charge in [0.05, 0.1) is 29.4 Å². The van der Waals surface area contributed by atoms with Gasteiger partial charge in [0, 0.05) is 11.4 Å². The van der Waals surface area contributed by atoms with Gasteiger partial charge in [-0.15, -0.1) is 11.3 Å². The maximum atomic E-state index is 6.05. The van der Waals surface area contributed by atoms with Crippen LogP contribution in [0, 0.1) is 0 Å². The van der Waals surface area contributed by atoms with Gasteiger partial charge in [0.25, 0.3) is 0 Å². The Bertz CT molecular complexity index is 873. The average molecular weight is 369 g/mol. The van der Waals surface area contributed by atoms with Crippen molar-refractivity contribution in [2.45, 2.75) is 12.5 Å². The number of ether oxygens (including phenoxy) is 1. The summed E-state index contributed by atoms with van der Waals surface area (Å²) in [6.45, 7) is 0. The summed E-state index contributed by atoms with van der Waals surface area (Å²) in [7, 11) is 1.68. The van der Waals surface area contributed by atoms with E-state index in [4.69, 9.17) is 21.4 Å². The van der Waals surface area contributed by atoms with Gasteiger partial charge in [-0.1, -0.05) is 29.8 Å². The minimum atomic E-state index is 0.157. The molecule has 0 saturated heterocycles. The van der Waals surface area contributed by atoms with Gasteiger partial charge in [0.15, 0.2) is 0 Å². The second kappa shape index (κ2) is 6.90. The van der Waals surface area contributed by atoms with Crippen molar-refractivity contribution in [2.24, 2.45) is 5.10 Å². The van der Waals surface area contributed by atoms with Crippen LogP contribution < -0.4 is 9.75 Å². The van der Waals surface area contributed by atoms with E-state index in [9.17, 15) is 0 Å². The second-order valence-corrected chi connectivity index (χ2v) is 7.22. The molecular weight excluding hydrogens is 352 g/mol. The third-order valence-corrected chi connectivity index (χ3v) is 5.48. The fraction of sp³-hybridized carbons (Fsp3) is 0.150. The first-order chi connectivity index (χ1) is 12.2. The lowest BCUT2D eigenvalue weighted by Gasteiger charge is -2.24. The zero-order valence-electron chi connectivity index (χ0n) is 13.7. The van der Waals surface area contributed by atoms with Gasteiger partial charge in [-0.05, 0) is 53.4 Å². The molecule has 0 aliphatic carbocycles. The van der Waals surface area contributed by atoms with Crippen molar-refractivity contribution in [1.29, 1.82) is 0 Å². The van der Waals surface area contributed by atoms with Crippen molar-refractivity contribution in [3.8, 4) is 5.75 Å². The molecule has 0 N–H and O–H groups in total. The van der Waals surface area contributed by atoms with Crippen molar-refractivity contribution < 1.29 is 4.74 Å². The van der Waals surface area contributed by atoms with Gasteiger partial charge in [-0.2, -0.15) is 5.10 Å². The van der Waals surface area contributed by atoms with E-state index in [0.29, 0.717) is 0 Å². The van der Waals surface area contributed by atoms with Crippen LogP contribution in [0.1, 0.15) is 22.9 Å². The van der Waals surface area contributed by atoms with E-state index in [1.54, 1.807) is 18.4 Å². The predicted octanol–water partition coefficient (Wildman–Crippen LogP) is 5.77. The maximum absolute atomic E-state index is 6.05. The molecular formula is C20H17ClN2OS. The minimum Gasteiger partial charge on any atom is -0.497 e. The fourth-order valence-corrected chi connectivity index (χ4v) is 3.87. The van der Waals surface area contributed by atoms with Crippen LogP contribution in [-0.4, -0.2) is 12.8 Å². The zero-order valence-corrected chi connectivity index (χ0v) is 15.3. The monoisotopic (exact) mass is 368 g/mol. The molecule has 0 unspecified atom stereocenters. The summed E-state index contributed by atoms with van der Waals surface area (Å²) in [5, 5.41) is 9.82. The lowest BCUT2D eigenvalue weighted by atomic mass is 10.0. The van der Waals surface area contributed by atoms with E-state index < -0.39 is 0 Å². The molecule has 5 heteroatoms. The topological polar surface area (TPSA) is 24.8 Å². The van der Waals surface area contributed by atoms with E-state index >= 15 is 0 Å². The number of hydrazone groups is 1. The van der Waals surface area contributed by atoms with Crippen molar-refractivity contribution in [3.05, 3.63) is 81.5 Å². The molecule has 25 heavy (non-hydrogen) atoms. The lowest BCUT2D eigenvalue weighted by molar-refractivity contribution is 0.414. The summed E-state index contributed by atoms with van der Waals surface area (Å²) < 4.78 is 5.28. The number of halogens is 1. The van der Waals surface area contributed by atoms with Crippen LogP contribution in [0.2, 0.25) is 5.02 Å². The molecule has 0 spiro atoms. The normalized spacial score (nSPS) is 16.8. The number of hydrogen-bond donors (Lipinski definition) is 0. The zero-order chi connectivity index (χ0) is 17.2. The number of benzene rings is 2. The van der Waals surface area contributed by atoms with E-state index in [-0.39, 0.29) is 6.04 Å². The molecule has 1 aliphatic rings. The maximum Gasteiger partial charge on any atom is 0.118 e. The molecule has 3 aromatic rings. The molecule has 126 valence electrons. The highest BCUT2D eigenvalue weighted by Gasteiger charge is 2.30. The van der Waals surface area contributed by atoms with E-state index in [1.165, 1.54) is 10.4 Å². The summed E-state index contributed by atoms with van der Waals surface area (Å²) in [6, 6.07) is 20.4. The summed E-state index contributed by atoms with van der Waals surface area (Å²) in [5.74, 6) is 0.860. The summed E-state index contributed by atoms with van der Waals surface area (Å²) >= 11 is 7.77. The Hall–Kier alpha value is -2.30. The number of thiophene rings is 1. The molecule has 1 atom stereocenters. The summed E-state index contributed by atoms with van der Waals surface area (Å²) in [4.78, 5) is 1.22. The fourth-order valence-electron chi connectivity index (χ4n) is 3.02. The van der Waals surface area contributed by atoms with E-state index in [0.717, 1.165) is 28.6 Å². The average Bonchev–Trinajstić information content (AvgIpc) is 3.32. The standard InChI is InChI=1S/C20H17ClN2OS/c1-24-17-10-4-14(5-11-17)19-13-18(20-3-2-12-25-20)22-23(19)16-8-6-15(21)7-9-16/h2-12,19H,13H2,1H3/t19-/m1/s1. The lowest BCUT2D eigenvalue weighted by Crippen LogP contribution is -2.18. The van der Waals surface area contributed by atoms with E-state index in [2.05, 4.69) is 34.7 Å². The molecule has 2 heterocycles. The highest BCUT2D eigenvalue weighted by atomic mass is 35.5. The highest BCUT2D eigenvalue weighted by molar-refractivity contribution is 7.12. The molecule has 2 aromatic carbocycles. The van der Waals surface area contributed by atoms with Crippen molar-refractivity contribution >= 4 is 34.3 Å². The number of rotatable bonds is 4. The quantitative estimate of drug-likeness (QED) is 0.584. The van der Waals surface area contributed by atoms with Gasteiger partial charge in [-0.3, -0.25) is 5.01 Å². The Balaban J connectivity index is 1.72. The molecule has 3 nitrogen and oxygen atoms in total. The first kappa shape index (κ1) is 16.2. The first-order valence-electron chi connectivity index (χ1n) is 8.05. The van der Waals surface area contributed by atoms with Gasteiger partial charge >= 0.3 is 0 Å². The number of anilines is 1. The van der Waals surface area contributed by atoms with E-state index in [1.807, 2.05) is 36.4 Å². The summed E-state index contributed by atoms with van der Waals surface area (Å²) in [6.07, 6.45) is 0.871. The first-order valence-corrected chi connectivity index (χ1v) is 9.30.